The van der Waals surface area contributed by atoms with Gasteiger partial charge in [-0.15, -0.1) is 0 Å². The van der Waals surface area contributed by atoms with Crippen LogP contribution in [0, 0.1) is 0 Å². The van der Waals surface area contributed by atoms with Gasteiger partial charge in [-0.05, 0) is 48.0 Å². The summed E-state index contributed by atoms with van der Waals surface area (Å²) in [6.45, 7) is 0. The highest BCUT2D eigenvalue weighted by molar-refractivity contribution is 5.95. The van der Waals surface area contributed by atoms with Gasteiger partial charge in [0.05, 0.1) is 16.6 Å². The van der Waals surface area contributed by atoms with E-state index in [4.69, 9.17) is 0 Å². The van der Waals surface area contributed by atoms with Gasteiger partial charge in [0, 0.05) is 5.69 Å². The van der Waals surface area contributed by atoms with Crippen molar-refractivity contribution in [2.45, 2.75) is 6.18 Å². The topological polar surface area (TPSA) is 64.0 Å². The highest BCUT2D eigenvalue weighted by Gasteiger charge is 2.38. The first kappa shape index (κ1) is 21.0. The molecule has 0 saturated heterocycles. The Morgan fingerprint density at radius 2 is 1.62 bits per heavy atom. The van der Waals surface area contributed by atoms with E-state index in [1.54, 1.807) is 66.7 Å². The van der Waals surface area contributed by atoms with E-state index in [2.05, 4.69) is 4.98 Å². The molecule has 0 saturated carbocycles. The van der Waals surface area contributed by atoms with Gasteiger partial charge in [-0.25, -0.2) is 4.98 Å². The van der Waals surface area contributed by atoms with Crippen molar-refractivity contribution in [2.24, 2.45) is 0 Å². The van der Waals surface area contributed by atoms with Crippen molar-refractivity contribution in [3.63, 3.8) is 0 Å². The number of benzene rings is 3. The van der Waals surface area contributed by atoms with Gasteiger partial charge in [0.15, 0.2) is 0 Å². The Morgan fingerprint density at radius 3 is 2.38 bits per heavy atom. The standard InChI is InChI=1S/C24H16F3N3O2/c25-24(26,27)23(32)28-17-8-6-7-16(15-17)13-14-21-29-20-12-5-4-11-19(20)22(31)30(21)18-9-2-1-3-10-18/h1-15H,(H,28,32)/b14-13+. The van der Waals surface area contributed by atoms with Crippen LogP contribution in [0.3, 0.4) is 0 Å². The highest BCUT2D eigenvalue weighted by Crippen LogP contribution is 2.20. The molecule has 1 aromatic heterocycles. The number of anilines is 1. The molecule has 0 aliphatic heterocycles. The van der Waals surface area contributed by atoms with Gasteiger partial charge in [-0.1, -0.05) is 48.5 Å². The van der Waals surface area contributed by atoms with Crippen molar-refractivity contribution in [1.82, 2.24) is 9.55 Å². The first-order valence-electron chi connectivity index (χ1n) is 9.56. The maximum absolute atomic E-state index is 13.2. The highest BCUT2D eigenvalue weighted by atomic mass is 19.4. The SMILES string of the molecule is O=C(Nc1cccc(/C=C/c2nc3ccccc3c(=O)n2-c2ccccc2)c1)C(F)(F)F. The molecule has 0 aliphatic rings. The summed E-state index contributed by atoms with van der Waals surface area (Å²) in [6, 6.07) is 21.9. The van der Waals surface area contributed by atoms with Crippen LogP contribution in [0.5, 0.6) is 0 Å². The van der Waals surface area contributed by atoms with Gasteiger partial charge in [0.2, 0.25) is 0 Å². The minimum absolute atomic E-state index is 0.00129. The molecule has 1 heterocycles. The maximum atomic E-state index is 13.2. The van der Waals surface area contributed by atoms with Crippen molar-refractivity contribution >= 4 is 34.6 Å². The lowest BCUT2D eigenvalue weighted by Gasteiger charge is -2.11. The van der Waals surface area contributed by atoms with Crippen LogP contribution in [0.25, 0.3) is 28.7 Å². The summed E-state index contributed by atoms with van der Waals surface area (Å²) in [7, 11) is 0. The lowest BCUT2D eigenvalue weighted by atomic mass is 10.1. The van der Waals surface area contributed by atoms with E-state index in [0.29, 0.717) is 28.0 Å². The number of nitrogens with one attached hydrogen (secondary N) is 1. The van der Waals surface area contributed by atoms with Crippen LogP contribution in [-0.4, -0.2) is 21.6 Å². The molecular weight excluding hydrogens is 419 g/mol. The minimum Gasteiger partial charge on any atom is -0.318 e. The second kappa shape index (κ2) is 8.50. The first-order valence-corrected chi connectivity index (χ1v) is 9.56. The molecule has 0 fully saturated rings. The zero-order valence-electron chi connectivity index (χ0n) is 16.5. The van der Waals surface area contributed by atoms with Crippen LogP contribution in [-0.2, 0) is 4.79 Å². The largest absolute Gasteiger partial charge is 0.471 e. The number of halogens is 3. The summed E-state index contributed by atoms with van der Waals surface area (Å²) < 4.78 is 39.0. The van der Waals surface area contributed by atoms with Crippen LogP contribution in [0.4, 0.5) is 18.9 Å². The Labute approximate surface area is 180 Å². The fraction of sp³-hybridized carbons (Fsp3) is 0.0417. The number of para-hydroxylation sites is 2. The van der Waals surface area contributed by atoms with E-state index in [1.165, 1.54) is 22.8 Å². The van der Waals surface area contributed by atoms with E-state index in [0.717, 1.165) is 0 Å². The number of aromatic nitrogens is 2. The molecule has 0 bridgehead atoms. The van der Waals surface area contributed by atoms with E-state index in [-0.39, 0.29) is 11.2 Å². The lowest BCUT2D eigenvalue weighted by Crippen LogP contribution is -2.29. The lowest BCUT2D eigenvalue weighted by molar-refractivity contribution is -0.167. The van der Waals surface area contributed by atoms with Crippen molar-refractivity contribution in [1.29, 1.82) is 0 Å². The van der Waals surface area contributed by atoms with Gasteiger partial charge in [-0.3, -0.25) is 14.2 Å². The molecule has 0 atom stereocenters. The van der Waals surface area contributed by atoms with Crippen LogP contribution < -0.4 is 10.9 Å². The third-order valence-electron chi connectivity index (χ3n) is 4.64. The molecule has 32 heavy (non-hydrogen) atoms. The summed E-state index contributed by atoms with van der Waals surface area (Å²) >= 11 is 0. The molecule has 1 amide bonds. The van der Waals surface area contributed by atoms with Gasteiger partial charge in [-0.2, -0.15) is 13.2 Å². The Morgan fingerprint density at radius 1 is 0.906 bits per heavy atom. The molecule has 160 valence electrons. The number of carbonyl (C=O) groups excluding carboxylic acids is 1. The molecule has 5 nitrogen and oxygen atoms in total. The van der Waals surface area contributed by atoms with Crippen molar-refractivity contribution in [3.8, 4) is 5.69 Å². The second-order valence-electron chi connectivity index (χ2n) is 6.87. The van der Waals surface area contributed by atoms with Gasteiger partial charge >= 0.3 is 12.1 Å². The molecule has 4 aromatic rings. The van der Waals surface area contributed by atoms with E-state index in [1.807, 2.05) is 11.4 Å². The number of rotatable bonds is 4. The quantitative estimate of drug-likeness (QED) is 0.488. The second-order valence-corrected chi connectivity index (χ2v) is 6.87. The van der Waals surface area contributed by atoms with Crippen LogP contribution in [0.15, 0.2) is 83.7 Å². The summed E-state index contributed by atoms with van der Waals surface area (Å²) in [4.78, 5) is 28.9. The first-order chi connectivity index (χ1) is 15.3. The smallest absolute Gasteiger partial charge is 0.318 e. The van der Waals surface area contributed by atoms with Crippen LogP contribution in [0.1, 0.15) is 11.4 Å². The van der Waals surface area contributed by atoms with Crippen LogP contribution in [0.2, 0.25) is 0 Å². The van der Waals surface area contributed by atoms with Crippen molar-refractivity contribution in [2.75, 3.05) is 5.32 Å². The number of fused-ring (bicyclic) bond motifs is 1. The summed E-state index contributed by atoms with van der Waals surface area (Å²) in [5, 5.41) is 2.29. The fourth-order valence-corrected chi connectivity index (χ4v) is 3.18. The Kier molecular flexibility index (Phi) is 5.59. The zero-order chi connectivity index (χ0) is 22.7. The average molecular weight is 435 g/mol. The number of alkyl halides is 3. The zero-order valence-corrected chi connectivity index (χ0v) is 16.5. The average Bonchev–Trinajstić information content (AvgIpc) is 2.78. The van der Waals surface area contributed by atoms with E-state index < -0.39 is 12.1 Å². The molecule has 1 N–H and O–H groups in total. The van der Waals surface area contributed by atoms with Crippen molar-refractivity contribution < 1.29 is 18.0 Å². The molecule has 0 radical (unpaired) electrons. The number of hydrogen-bond donors (Lipinski definition) is 1. The molecular formula is C24H16F3N3O2. The molecule has 0 spiro atoms. The number of hydrogen-bond acceptors (Lipinski definition) is 3. The van der Waals surface area contributed by atoms with Gasteiger partial charge in [0.1, 0.15) is 5.82 Å². The van der Waals surface area contributed by atoms with E-state index in [9.17, 15) is 22.8 Å². The number of carbonyl (C=O) groups is 1. The third-order valence-corrected chi connectivity index (χ3v) is 4.64. The monoisotopic (exact) mass is 435 g/mol. The van der Waals surface area contributed by atoms with E-state index >= 15 is 0 Å². The normalized spacial score (nSPS) is 11.7. The third kappa shape index (κ3) is 4.44. The number of amides is 1. The molecule has 3 aromatic carbocycles. The molecule has 0 unspecified atom stereocenters. The Bertz CT molecular complexity index is 1380. The maximum Gasteiger partial charge on any atom is 0.471 e. The van der Waals surface area contributed by atoms with Crippen molar-refractivity contribution in [3.05, 3.63) is 101 Å². The molecule has 4 rings (SSSR count). The molecule has 8 heteroatoms. The number of nitrogens with zero attached hydrogens (tertiary/aromatic N) is 2. The van der Waals surface area contributed by atoms with Gasteiger partial charge < -0.3 is 5.32 Å². The minimum atomic E-state index is -4.98. The summed E-state index contributed by atoms with van der Waals surface area (Å²) in [6.07, 6.45) is -1.77. The Balaban J connectivity index is 1.76. The predicted molar refractivity (Wildman–Crippen MR) is 117 cm³/mol. The van der Waals surface area contributed by atoms with Crippen LogP contribution >= 0.6 is 0 Å². The fourth-order valence-electron chi connectivity index (χ4n) is 3.18. The molecule has 0 aliphatic carbocycles. The summed E-state index contributed by atoms with van der Waals surface area (Å²) in [5.41, 5.74) is 1.43. The summed E-state index contributed by atoms with van der Waals surface area (Å²) in [5.74, 6) is -1.70. The predicted octanol–water partition coefficient (Wildman–Crippen LogP) is 5.06. The Hall–Kier alpha value is -4.20. The van der Waals surface area contributed by atoms with Gasteiger partial charge in [0.25, 0.3) is 5.56 Å².